The van der Waals surface area contributed by atoms with Crippen molar-refractivity contribution in [2.45, 2.75) is 38.0 Å². The largest absolute Gasteiger partial charge is 0.371 e. The maximum Gasteiger partial charge on any atom is 0.220 e. The molecule has 0 saturated carbocycles. The van der Waals surface area contributed by atoms with Gasteiger partial charge in [-0.1, -0.05) is 0 Å². The minimum atomic E-state index is -0.0814. The number of carbonyl (C=O) groups excluding carboxylic acids is 1. The van der Waals surface area contributed by atoms with E-state index in [-0.39, 0.29) is 18.1 Å². The Morgan fingerprint density at radius 3 is 3.00 bits per heavy atom. The summed E-state index contributed by atoms with van der Waals surface area (Å²) in [6.07, 6.45) is 9.93. The SMILES string of the molecule is Cn1cc([C@H]2OCC[C@@H]2NC(=O)CCCn2cccc2)cn1. The number of nitrogens with one attached hydrogen (secondary N) is 1. The summed E-state index contributed by atoms with van der Waals surface area (Å²) in [7, 11) is 1.88. The summed E-state index contributed by atoms with van der Waals surface area (Å²) in [4.78, 5) is 12.1. The minimum absolute atomic E-state index is 0.0447. The first-order chi connectivity index (χ1) is 10.7. The second-order valence-corrected chi connectivity index (χ2v) is 5.73. The zero-order valence-electron chi connectivity index (χ0n) is 12.8. The highest BCUT2D eigenvalue weighted by atomic mass is 16.5. The maximum absolute atomic E-state index is 12.1. The van der Waals surface area contributed by atoms with E-state index in [0.717, 1.165) is 24.9 Å². The molecule has 6 heteroatoms. The van der Waals surface area contributed by atoms with E-state index >= 15 is 0 Å². The quantitative estimate of drug-likeness (QED) is 0.882. The molecule has 0 aliphatic carbocycles. The Kier molecular flexibility index (Phi) is 4.58. The third kappa shape index (κ3) is 3.57. The first-order valence-corrected chi connectivity index (χ1v) is 7.72. The van der Waals surface area contributed by atoms with Crippen molar-refractivity contribution in [3.05, 3.63) is 42.5 Å². The van der Waals surface area contributed by atoms with E-state index in [1.807, 2.05) is 37.8 Å². The van der Waals surface area contributed by atoms with Crippen molar-refractivity contribution in [3.8, 4) is 0 Å². The van der Waals surface area contributed by atoms with E-state index in [0.29, 0.717) is 13.0 Å². The number of nitrogens with zero attached hydrogens (tertiary/aromatic N) is 3. The van der Waals surface area contributed by atoms with Crippen LogP contribution in [0.15, 0.2) is 36.9 Å². The molecule has 1 aliphatic heterocycles. The molecule has 3 rings (SSSR count). The third-order valence-electron chi connectivity index (χ3n) is 3.98. The molecule has 0 unspecified atom stereocenters. The lowest BCUT2D eigenvalue weighted by Gasteiger charge is -2.18. The second kappa shape index (κ2) is 6.79. The Labute approximate surface area is 130 Å². The van der Waals surface area contributed by atoms with Gasteiger partial charge in [0.2, 0.25) is 5.91 Å². The van der Waals surface area contributed by atoms with E-state index < -0.39 is 0 Å². The van der Waals surface area contributed by atoms with Gasteiger partial charge in [-0.25, -0.2) is 0 Å². The van der Waals surface area contributed by atoms with Crippen molar-refractivity contribution in [3.63, 3.8) is 0 Å². The first-order valence-electron chi connectivity index (χ1n) is 7.72. The fourth-order valence-corrected chi connectivity index (χ4v) is 2.87. The summed E-state index contributed by atoms with van der Waals surface area (Å²) in [6, 6.07) is 4.03. The van der Waals surface area contributed by atoms with E-state index in [2.05, 4.69) is 15.0 Å². The van der Waals surface area contributed by atoms with Crippen LogP contribution in [0.4, 0.5) is 0 Å². The van der Waals surface area contributed by atoms with Crippen LogP contribution in [0.2, 0.25) is 0 Å². The highest BCUT2D eigenvalue weighted by Crippen LogP contribution is 2.28. The van der Waals surface area contributed by atoms with Crippen LogP contribution in [0.1, 0.15) is 30.9 Å². The van der Waals surface area contributed by atoms with Crippen LogP contribution in [-0.2, 0) is 23.1 Å². The second-order valence-electron chi connectivity index (χ2n) is 5.73. The Bertz CT molecular complexity index is 605. The van der Waals surface area contributed by atoms with Crippen LogP contribution in [0, 0.1) is 0 Å². The van der Waals surface area contributed by atoms with Gasteiger partial charge in [0.05, 0.1) is 12.2 Å². The number of amides is 1. The Morgan fingerprint density at radius 1 is 1.45 bits per heavy atom. The number of hydrogen-bond acceptors (Lipinski definition) is 3. The van der Waals surface area contributed by atoms with Gasteiger partial charge in [0, 0.05) is 50.8 Å². The summed E-state index contributed by atoms with van der Waals surface area (Å²) in [5.74, 6) is 0.0940. The Morgan fingerprint density at radius 2 is 2.27 bits per heavy atom. The molecule has 1 amide bonds. The molecule has 0 aromatic carbocycles. The summed E-state index contributed by atoms with van der Waals surface area (Å²) in [5.41, 5.74) is 1.03. The van der Waals surface area contributed by atoms with Gasteiger partial charge in [0.1, 0.15) is 6.10 Å². The van der Waals surface area contributed by atoms with Gasteiger partial charge in [0.25, 0.3) is 0 Å². The van der Waals surface area contributed by atoms with Crippen LogP contribution in [0.5, 0.6) is 0 Å². The molecule has 0 spiro atoms. The third-order valence-corrected chi connectivity index (χ3v) is 3.98. The van der Waals surface area contributed by atoms with Crippen molar-refractivity contribution in [1.82, 2.24) is 19.7 Å². The summed E-state index contributed by atoms with van der Waals surface area (Å²) in [6.45, 7) is 1.54. The normalized spacial score (nSPS) is 21.1. The highest BCUT2D eigenvalue weighted by molar-refractivity contribution is 5.76. The molecule has 1 fully saturated rings. The van der Waals surface area contributed by atoms with Gasteiger partial charge in [-0.05, 0) is 25.0 Å². The molecule has 0 bridgehead atoms. The molecule has 0 radical (unpaired) electrons. The lowest BCUT2D eigenvalue weighted by Crippen LogP contribution is -2.36. The number of carbonyl (C=O) groups is 1. The molecule has 22 heavy (non-hydrogen) atoms. The molecule has 6 nitrogen and oxygen atoms in total. The fraction of sp³-hybridized carbons (Fsp3) is 0.500. The zero-order valence-corrected chi connectivity index (χ0v) is 12.8. The van der Waals surface area contributed by atoms with Crippen molar-refractivity contribution in [1.29, 1.82) is 0 Å². The number of aryl methyl sites for hydroxylation is 2. The predicted octanol–water partition coefficient (Wildman–Crippen LogP) is 1.65. The molecule has 1 saturated heterocycles. The topological polar surface area (TPSA) is 61.1 Å². The molecule has 1 aliphatic rings. The molecule has 2 atom stereocenters. The van der Waals surface area contributed by atoms with Crippen molar-refractivity contribution in [2.75, 3.05) is 6.61 Å². The lowest BCUT2D eigenvalue weighted by molar-refractivity contribution is -0.122. The van der Waals surface area contributed by atoms with E-state index in [1.165, 1.54) is 0 Å². The van der Waals surface area contributed by atoms with Crippen molar-refractivity contribution < 1.29 is 9.53 Å². The van der Waals surface area contributed by atoms with E-state index in [9.17, 15) is 4.79 Å². The molecular weight excluding hydrogens is 280 g/mol. The van der Waals surface area contributed by atoms with Crippen LogP contribution in [0.25, 0.3) is 0 Å². The first kappa shape index (κ1) is 14.8. The average molecular weight is 302 g/mol. The molecule has 118 valence electrons. The van der Waals surface area contributed by atoms with Crippen molar-refractivity contribution in [2.24, 2.45) is 7.05 Å². The van der Waals surface area contributed by atoms with Crippen LogP contribution in [0.3, 0.4) is 0 Å². The van der Waals surface area contributed by atoms with Gasteiger partial charge in [-0.3, -0.25) is 9.48 Å². The summed E-state index contributed by atoms with van der Waals surface area (Å²) >= 11 is 0. The van der Waals surface area contributed by atoms with Gasteiger partial charge in [-0.2, -0.15) is 5.10 Å². The highest BCUT2D eigenvalue weighted by Gasteiger charge is 2.31. The molecule has 2 aromatic heterocycles. The minimum Gasteiger partial charge on any atom is -0.371 e. The predicted molar refractivity (Wildman–Crippen MR) is 82.1 cm³/mol. The van der Waals surface area contributed by atoms with Gasteiger partial charge in [0.15, 0.2) is 0 Å². The molecule has 3 heterocycles. The zero-order chi connectivity index (χ0) is 15.4. The molecule has 1 N–H and O–H groups in total. The average Bonchev–Trinajstić information content (AvgIpc) is 3.20. The Hall–Kier alpha value is -2.08. The number of hydrogen-bond donors (Lipinski definition) is 1. The van der Waals surface area contributed by atoms with E-state index in [4.69, 9.17) is 4.74 Å². The molecular formula is C16H22N4O2. The summed E-state index contributed by atoms with van der Waals surface area (Å²) < 4.78 is 9.60. The standard InChI is InChI=1S/C16H22N4O2/c1-19-12-13(11-17-19)16-14(6-10-22-16)18-15(21)5-4-9-20-7-2-3-8-20/h2-3,7-8,11-12,14,16H,4-6,9-10H2,1H3,(H,18,21)/t14-,16+/m0/s1. The van der Waals surface area contributed by atoms with Crippen LogP contribution >= 0.6 is 0 Å². The van der Waals surface area contributed by atoms with Crippen LogP contribution < -0.4 is 5.32 Å². The summed E-state index contributed by atoms with van der Waals surface area (Å²) in [5, 5.41) is 7.28. The Balaban J connectivity index is 1.47. The smallest absolute Gasteiger partial charge is 0.220 e. The molecule has 2 aromatic rings. The number of aromatic nitrogens is 3. The fourth-order valence-electron chi connectivity index (χ4n) is 2.87. The van der Waals surface area contributed by atoms with Gasteiger partial charge in [-0.15, -0.1) is 0 Å². The number of rotatable bonds is 6. The maximum atomic E-state index is 12.1. The van der Waals surface area contributed by atoms with Gasteiger partial charge >= 0.3 is 0 Å². The van der Waals surface area contributed by atoms with E-state index in [1.54, 1.807) is 10.9 Å². The van der Waals surface area contributed by atoms with Gasteiger partial charge < -0.3 is 14.6 Å². The monoisotopic (exact) mass is 302 g/mol. The number of ether oxygens (including phenoxy) is 1. The van der Waals surface area contributed by atoms with Crippen molar-refractivity contribution >= 4 is 5.91 Å². The van der Waals surface area contributed by atoms with Crippen LogP contribution in [-0.4, -0.2) is 32.9 Å². The lowest BCUT2D eigenvalue weighted by atomic mass is 10.1.